The normalized spacial score (nSPS) is 27.6. The van der Waals surface area contributed by atoms with Crippen LogP contribution in [0.5, 0.6) is 0 Å². The second kappa shape index (κ2) is 4.73. The molecular weight excluding hydrogens is 226 g/mol. The van der Waals surface area contributed by atoms with E-state index in [1.165, 1.54) is 5.56 Å². The number of hydrogen-bond donors (Lipinski definition) is 2. The summed E-state index contributed by atoms with van der Waals surface area (Å²) in [5.41, 5.74) is 1.25. The minimum atomic E-state index is -0.345. The van der Waals surface area contributed by atoms with E-state index in [-0.39, 0.29) is 17.9 Å². The number of carbonyl (C=O) groups is 1. The third-order valence-electron chi connectivity index (χ3n) is 4.01. The van der Waals surface area contributed by atoms with E-state index in [0.717, 1.165) is 19.3 Å². The molecule has 1 aromatic rings. The Bertz CT molecular complexity index is 427. The first-order valence-corrected chi connectivity index (χ1v) is 6.76. The molecule has 3 nitrogen and oxygen atoms in total. The summed E-state index contributed by atoms with van der Waals surface area (Å²) in [5, 5.41) is 12.6. The molecule has 0 aliphatic heterocycles. The Balaban J connectivity index is 1.47. The molecule has 2 saturated carbocycles. The van der Waals surface area contributed by atoms with Crippen molar-refractivity contribution < 1.29 is 9.90 Å². The fraction of sp³-hybridized carbons (Fsp3) is 0.533. The van der Waals surface area contributed by atoms with Gasteiger partial charge in [-0.15, -0.1) is 0 Å². The number of rotatable bonds is 5. The first-order valence-electron chi connectivity index (χ1n) is 6.76. The van der Waals surface area contributed by atoms with Crippen molar-refractivity contribution in [1.29, 1.82) is 0 Å². The van der Waals surface area contributed by atoms with Gasteiger partial charge < -0.3 is 10.4 Å². The lowest BCUT2D eigenvalue weighted by Gasteiger charge is -2.10. The predicted octanol–water partition coefficient (Wildman–Crippen LogP) is 1.68. The largest absolute Gasteiger partial charge is 0.391 e. The Morgan fingerprint density at radius 1 is 1.33 bits per heavy atom. The standard InChI is InChI=1S/C15H19NO2/c17-14(11-6-7-11)9-16-15(18)13-8-12(13)10-4-2-1-3-5-10/h1-5,11-14,17H,6-9H2,(H,16,18). The van der Waals surface area contributed by atoms with Gasteiger partial charge in [0.2, 0.25) is 5.91 Å². The highest BCUT2D eigenvalue weighted by Crippen LogP contribution is 2.47. The van der Waals surface area contributed by atoms with Crippen LogP contribution in [0.4, 0.5) is 0 Å². The average Bonchev–Trinajstić information content (AvgIpc) is 3.29. The Labute approximate surface area is 107 Å². The molecule has 0 bridgehead atoms. The monoisotopic (exact) mass is 245 g/mol. The maximum Gasteiger partial charge on any atom is 0.223 e. The summed E-state index contributed by atoms with van der Waals surface area (Å²) < 4.78 is 0. The Kier molecular flexibility index (Phi) is 3.08. The molecule has 0 aromatic heterocycles. The van der Waals surface area contributed by atoms with Crippen molar-refractivity contribution in [1.82, 2.24) is 5.32 Å². The zero-order valence-electron chi connectivity index (χ0n) is 10.4. The summed E-state index contributed by atoms with van der Waals surface area (Å²) in [6.45, 7) is 0.418. The van der Waals surface area contributed by atoms with Crippen molar-refractivity contribution in [2.75, 3.05) is 6.54 Å². The van der Waals surface area contributed by atoms with Gasteiger partial charge in [0.25, 0.3) is 0 Å². The summed E-state index contributed by atoms with van der Waals surface area (Å²) in [6, 6.07) is 10.2. The minimum Gasteiger partial charge on any atom is -0.391 e. The van der Waals surface area contributed by atoms with E-state index in [1.54, 1.807) is 0 Å². The van der Waals surface area contributed by atoms with Crippen LogP contribution in [0.3, 0.4) is 0 Å². The van der Waals surface area contributed by atoms with Gasteiger partial charge in [-0.2, -0.15) is 0 Å². The van der Waals surface area contributed by atoms with Crippen molar-refractivity contribution in [3.8, 4) is 0 Å². The van der Waals surface area contributed by atoms with Gasteiger partial charge in [-0.05, 0) is 36.7 Å². The molecule has 2 N–H and O–H groups in total. The summed E-state index contributed by atoms with van der Waals surface area (Å²) in [4.78, 5) is 11.9. The Morgan fingerprint density at radius 3 is 2.72 bits per heavy atom. The molecule has 2 aliphatic rings. The number of aliphatic hydroxyl groups excluding tert-OH is 1. The molecule has 0 spiro atoms. The number of carbonyl (C=O) groups excluding carboxylic acids is 1. The van der Waals surface area contributed by atoms with E-state index >= 15 is 0 Å². The molecule has 3 atom stereocenters. The number of amides is 1. The first-order chi connectivity index (χ1) is 8.75. The van der Waals surface area contributed by atoms with Crippen molar-refractivity contribution >= 4 is 5.91 Å². The Morgan fingerprint density at radius 2 is 2.06 bits per heavy atom. The molecule has 2 aliphatic carbocycles. The summed E-state index contributed by atoms with van der Waals surface area (Å²) in [5.74, 6) is 1.01. The van der Waals surface area contributed by atoms with Gasteiger partial charge in [-0.1, -0.05) is 30.3 Å². The van der Waals surface area contributed by atoms with Crippen LogP contribution in [0.1, 0.15) is 30.7 Å². The van der Waals surface area contributed by atoms with Crippen LogP contribution < -0.4 is 5.32 Å². The van der Waals surface area contributed by atoms with Gasteiger partial charge >= 0.3 is 0 Å². The number of nitrogens with one attached hydrogen (secondary N) is 1. The zero-order chi connectivity index (χ0) is 12.5. The van der Waals surface area contributed by atoms with Crippen LogP contribution in [0.15, 0.2) is 30.3 Å². The summed E-state index contributed by atoms with van der Waals surface area (Å²) >= 11 is 0. The summed E-state index contributed by atoms with van der Waals surface area (Å²) in [6.07, 6.45) is 2.80. The zero-order valence-corrected chi connectivity index (χ0v) is 10.4. The predicted molar refractivity (Wildman–Crippen MR) is 69.0 cm³/mol. The second-order valence-corrected chi connectivity index (χ2v) is 5.51. The number of hydrogen-bond acceptors (Lipinski definition) is 2. The van der Waals surface area contributed by atoms with Crippen molar-refractivity contribution in [3.63, 3.8) is 0 Å². The molecule has 18 heavy (non-hydrogen) atoms. The van der Waals surface area contributed by atoms with E-state index in [0.29, 0.717) is 18.4 Å². The fourth-order valence-corrected chi connectivity index (χ4v) is 2.54. The van der Waals surface area contributed by atoms with Crippen LogP contribution in [0.2, 0.25) is 0 Å². The molecule has 96 valence electrons. The molecule has 0 radical (unpaired) electrons. The van der Waals surface area contributed by atoms with Crippen LogP contribution in [-0.4, -0.2) is 23.7 Å². The number of benzene rings is 1. The quantitative estimate of drug-likeness (QED) is 0.829. The average molecular weight is 245 g/mol. The highest BCUT2D eigenvalue weighted by molar-refractivity contribution is 5.82. The van der Waals surface area contributed by atoms with Gasteiger partial charge in [-0.3, -0.25) is 4.79 Å². The highest BCUT2D eigenvalue weighted by Gasteiger charge is 2.44. The molecule has 1 amide bonds. The second-order valence-electron chi connectivity index (χ2n) is 5.51. The third-order valence-corrected chi connectivity index (χ3v) is 4.01. The van der Waals surface area contributed by atoms with E-state index in [4.69, 9.17) is 0 Å². The van der Waals surface area contributed by atoms with Crippen molar-refractivity contribution in [2.24, 2.45) is 11.8 Å². The van der Waals surface area contributed by atoms with Crippen LogP contribution in [-0.2, 0) is 4.79 Å². The Hall–Kier alpha value is -1.35. The SMILES string of the molecule is O=C(NCC(O)C1CC1)C1CC1c1ccccc1. The molecule has 0 heterocycles. The van der Waals surface area contributed by atoms with Crippen LogP contribution >= 0.6 is 0 Å². The topological polar surface area (TPSA) is 49.3 Å². The lowest BCUT2D eigenvalue weighted by molar-refractivity contribution is -0.122. The molecule has 2 fully saturated rings. The van der Waals surface area contributed by atoms with E-state index in [2.05, 4.69) is 17.4 Å². The summed E-state index contributed by atoms with van der Waals surface area (Å²) in [7, 11) is 0. The number of aliphatic hydroxyl groups is 1. The van der Waals surface area contributed by atoms with Crippen LogP contribution in [0, 0.1) is 11.8 Å². The lowest BCUT2D eigenvalue weighted by Crippen LogP contribution is -2.34. The third kappa shape index (κ3) is 2.56. The fourth-order valence-electron chi connectivity index (χ4n) is 2.54. The molecule has 0 saturated heterocycles. The minimum absolute atomic E-state index is 0.101. The maximum atomic E-state index is 11.9. The van der Waals surface area contributed by atoms with Crippen molar-refractivity contribution in [3.05, 3.63) is 35.9 Å². The van der Waals surface area contributed by atoms with Crippen molar-refractivity contribution in [2.45, 2.75) is 31.3 Å². The van der Waals surface area contributed by atoms with Gasteiger partial charge in [0.1, 0.15) is 0 Å². The molecule has 1 aromatic carbocycles. The van der Waals surface area contributed by atoms with Gasteiger partial charge in [0, 0.05) is 12.5 Å². The van der Waals surface area contributed by atoms with E-state index in [1.807, 2.05) is 18.2 Å². The van der Waals surface area contributed by atoms with E-state index in [9.17, 15) is 9.90 Å². The van der Waals surface area contributed by atoms with Gasteiger partial charge in [0.05, 0.1) is 6.10 Å². The smallest absolute Gasteiger partial charge is 0.223 e. The lowest BCUT2D eigenvalue weighted by atomic mass is 10.1. The van der Waals surface area contributed by atoms with E-state index < -0.39 is 0 Å². The molecule has 3 heteroatoms. The highest BCUT2D eigenvalue weighted by atomic mass is 16.3. The van der Waals surface area contributed by atoms with Gasteiger partial charge in [-0.25, -0.2) is 0 Å². The molecular formula is C15H19NO2. The first kappa shape index (κ1) is 11.7. The maximum absolute atomic E-state index is 11.9. The molecule has 3 rings (SSSR count). The van der Waals surface area contributed by atoms with Crippen LogP contribution in [0.25, 0.3) is 0 Å². The molecule has 3 unspecified atom stereocenters. The van der Waals surface area contributed by atoms with Gasteiger partial charge in [0.15, 0.2) is 0 Å².